The molecule has 0 saturated carbocycles. The lowest BCUT2D eigenvalue weighted by atomic mass is 9.92. The molecule has 2 heterocycles. The monoisotopic (exact) mass is 468 g/mol. The first-order valence-electron chi connectivity index (χ1n) is 9.53. The van der Waals surface area contributed by atoms with Crippen molar-refractivity contribution in [3.05, 3.63) is 0 Å². The van der Waals surface area contributed by atoms with Gasteiger partial charge in [-0.25, -0.2) is 0 Å². The number of rotatable bonds is 8. The van der Waals surface area contributed by atoms with Crippen LogP contribution in [0.1, 0.15) is 33.1 Å². The molecular weight excluding hydrogens is 431 g/mol. The lowest BCUT2D eigenvalue weighted by Gasteiger charge is -2.35. The summed E-state index contributed by atoms with van der Waals surface area (Å²) in [5.41, 5.74) is 0. The number of halogens is 1. The largest absolute Gasteiger partial charge is 0.379 e. The number of ether oxygens (including phenoxy) is 2. The third-order valence-electron chi connectivity index (χ3n) is 4.74. The molecule has 0 amide bonds. The fourth-order valence-electron chi connectivity index (χ4n) is 3.70. The lowest BCUT2D eigenvalue weighted by molar-refractivity contribution is 0.0420. The zero-order valence-corrected chi connectivity index (χ0v) is 18.5. The van der Waals surface area contributed by atoms with Crippen molar-refractivity contribution < 1.29 is 9.47 Å². The Balaban J connectivity index is 0.00000312. The van der Waals surface area contributed by atoms with E-state index in [2.05, 4.69) is 34.4 Å². The molecule has 6 nitrogen and oxygen atoms in total. The smallest absolute Gasteiger partial charge is 0.191 e. The van der Waals surface area contributed by atoms with Crippen LogP contribution in [0, 0.1) is 11.8 Å². The third kappa shape index (κ3) is 9.40. The van der Waals surface area contributed by atoms with Crippen LogP contribution < -0.4 is 10.6 Å². The van der Waals surface area contributed by atoms with Crippen LogP contribution in [0.15, 0.2) is 4.99 Å². The Labute approximate surface area is 170 Å². The average Bonchev–Trinajstić information content (AvgIpc) is 3.05. The standard InChI is InChI=1S/C18H36N4O2.HI/c1-15-11-16(2)13-22(12-15)8-7-21-18(19-3)20-6-4-9-24-17-5-10-23-14-17;/h15-17H,4-14H2,1-3H3,(H2,19,20,21);1H. The van der Waals surface area contributed by atoms with Gasteiger partial charge in [-0.05, 0) is 31.1 Å². The highest BCUT2D eigenvalue weighted by Crippen LogP contribution is 2.20. The first-order valence-corrected chi connectivity index (χ1v) is 9.53. The number of nitrogens with one attached hydrogen (secondary N) is 2. The van der Waals surface area contributed by atoms with Gasteiger partial charge in [0.05, 0.1) is 12.7 Å². The Morgan fingerprint density at radius 2 is 1.92 bits per heavy atom. The lowest BCUT2D eigenvalue weighted by Crippen LogP contribution is -2.45. The van der Waals surface area contributed by atoms with E-state index in [-0.39, 0.29) is 24.0 Å². The zero-order chi connectivity index (χ0) is 17.2. The van der Waals surface area contributed by atoms with E-state index >= 15 is 0 Å². The molecule has 0 radical (unpaired) electrons. The van der Waals surface area contributed by atoms with Gasteiger partial charge in [0, 0.05) is 53.0 Å². The molecule has 2 fully saturated rings. The molecule has 3 atom stereocenters. The van der Waals surface area contributed by atoms with Gasteiger partial charge in [0.15, 0.2) is 5.96 Å². The summed E-state index contributed by atoms with van der Waals surface area (Å²) >= 11 is 0. The van der Waals surface area contributed by atoms with Crippen molar-refractivity contribution in [1.29, 1.82) is 0 Å². The number of hydrogen-bond acceptors (Lipinski definition) is 4. The van der Waals surface area contributed by atoms with Gasteiger partial charge in [-0.1, -0.05) is 13.8 Å². The molecule has 7 heteroatoms. The normalized spacial score (nSPS) is 27.8. The molecule has 0 aromatic carbocycles. The molecule has 2 aliphatic rings. The molecule has 2 N–H and O–H groups in total. The highest BCUT2D eigenvalue weighted by molar-refractivity contribution is 14.0. The maximum Gasteiger partial charge on any atom is 0.191 e. The molecule has 25 heavy (non-hydrogen) atoms. The fourth-order valence-corrected chi connectivity index (χ4v) is 3.70. The van der Waals surface area contributed by atoms with E-state index in [0.29, 0.717) is 6.10 Å². The second-order valence-corrected chi connectivity index (χ2v) is 7.34. The van der Waals surface area contributed by atoms with Crippen LogP contribution in [0.3, 0.4) is 0 Å². The fraction of sp³-hybridized carbons (Fsp3) is 0.944. The highest BCUT2D eigenvalue weighted by Gasteiger charge is 2.21. The Kier molecular flexibility index (Phi) is 12.0. The molecule has 2 rings (SSSR count). The van der Waals surface area contributed by atoms with Gasteiger partial charge in [-0.15, -0.1) is 24.0 Å². The van der Waals surface area contributed by atoms with Crippen LogP contribution in [0.4, 0.5) is 0 Å². The van der Waals surface area contributed by atoms with E-state index in [1.165, 1.54) is 19.5 Å². The van der Waals surface area contributed by atoms with Gasteiger partial charge >= 0.3 is 0 Å². The minimum atomic E-state index is 0. The summed E-state index contributed by atoms with van der Waals surface area (Å²) < 4.78 is 11.1. The van der Waals surface area contributed by atoms with Crippen molar-refractivity contribution in [2.75, 3.05) is 59.6 Å². The van der Waals surface area contributed by atoms with E-state index in [1.807, 2.05) is 7.05 Å². The number of guanidine groups is 1. The predicted molar refractivity (Wildman–Crippen MR) is 114 cm³/mol. The van der Waals surface area contributed by atoms with Crippen molar-refractivity contribution in [3.8, 4) is 0 Å². The molecule has 0 aromatic heterocycles. The third-order valence-corrected chi connectivity index (χ3v) is 4.74. The Bertz CT molecular complexity index is 368. The summed E-state index contributed by atoms with van der Waals surface area (Å²) in [6.45, 7) is 12.4. The van der Waals surface area contributed by atoms with Gasteiger partial charge in [0.1, 0.15) is 0 Å². The molecule has 0 spiro atoms. The van der Waals surface area contributed by atoms with Gasteiger partial charge in [0.2, 0.25) is 0 Å². The van der Waals surface area contributed by atoms with Crippen LogP contribution >= 0.6 is 24.0 Å². The molecule has 148 valence electrons. The summed E-state index contributed by atoms with van der Waals surface area (Å²) in [6, 6.07) is 0. The molecule has 2 aliphatic heterocycles. The van der Waals surface area contributed by atoms with Crippen LogP contribution in [-0.2, 0) is 9.47 Å². The quantitative estimate of drug-likeness (QED) is 0.247. The topological polar surface area (TPSA) is 58.1 Å². The first-order chi connectivity index (χ1) is 11.7. The summed E-state index contributed by atoms with van der Waals surface area (Å²) in [7, 11) is 1.83. The van der Waals surface area contributed by atoms with Gasteiger partial charge in [-0.3, -0.25) is 4.99 Å². The van der Waals surface area contributed by atoms with Crippen molar-refractivity contribution in [2.45, 2.75) is 39.2 Å². The molecule has 3 unspecified atom stereocenters. The van der Waals surface area contributed by atoms with Gasteiger partial charge in [-0.2, -0.15) is 0 Å². The summed E-state index contributed by atoms with van der Waals surface area (Å²) in [6.07, 6.45) is 3.68. The van der Waals surface area contributed by atoms with Crippen molar-refractivity contribution in [2.24, 2.45) is 16.8 Å². The molecular formula is C18H37IN4O2. The predicted octanol–water partition coefficient (Wildman–Crippen LogP) is 1.94. The second kappa shape index (κ2) is 13.1. The van der Waals surface area contributed by atoms with Crippen LogP contribution in [0.2, 0.25) is 0 Å². The second-order valence-electron chi connectivity index (χ2n) is 7.34. The van der Waals surface area contributed by atoms with Gasteiger partial charge in [0.25, 0.3) is 0 Å². The summed E-state index contributed by atoms with van der Waals surface area (Å²) in [5.74, 6) is 2.52. The average molecular weight is 468 g/mol. The number of likely N-dealkylation sites (tertiary alicyclic amines) is 1. The molecule has 2 saturated heterocycles. The Morgan fingerprint density at radius 1 is 1.20 bits per heavy atom. The van der Waals surface area contributed by atoms with E-state index in [4.69, 9.17) is 9.47 Å². The minimum absolute atomic E-state index is 0. The number of piperidine rings is 1. The van der Waals surface area contributed by atoms with Crippen molar-refractivity contribution in [1.82, 2.24) is 15.5 Å². The Hall–Kier alpha value is -0.120. The van der Waals surface area contributed by atoms with Crippen LogP contribution in [-0.4, -0.2) is 76.6 Å². The molecule has 0 aromatic rings. The van der Waals surface area contributed by atoms with E-state index in [1.54, 1.807) is 0 Å². The highest BCUT2D eigenvalue weighted by atomic mass is 127. The van der Waals surface area contributed by atoms with Crippen molar-refractivity contribution >= 4 is 29.9 Å². The summed E-state index contributed by atoms with van der Waals surface area (Å²) in [4.78, 5) is 6.86. The molecule has 0 bridgehead atoms. The minimum Gasteiger partial charge on any atom is -0.379 e. The van der Waals surface area contributed by atoms with Crippen molar-refractivity contribution in [3.63, 3.8) is 0 Å². The zero-order valence-electron chi connectivity index (χ0n) is 16.1. The van der Waals surface area contributed by atoms with Gasteiger partial charge < -0.3 is 25.0 Å². The van der Waals surface area contributed by atoms with E-state index in [9.17, 15) is 0 Å². The maximum absolute atomic E-state index is 5.77. The summed E-state index contributed by atoms with van der Waals surface area (Å²) in [5, 5.41) is 6.77. The first kappa shape index (κ1) is 22.9. The van der Waals surface area contributed by atoms with Crippen LogP contribution in [0.25, 0.3) is 0 Å². The SMILES string of the molecule is CN=C(NCCCOC1CCOC1)NCCN1CC(C)CC(C)C1.I. The Morgan fingerprint density at radius 3 is 2.56 bits per heavy atom. The number of nitrogens with zero attached hydrogens (tertiary/aromatic N) is 2. The maximum atomic E-state index is 5.77. The number of hydrogen-bond donors (Lipinski definition) is 2. The van der Waals surface area contributed by atoms with E-state index < -0.39 is 0 Å². The number of aliphatic imine (C=N–C) groups is 1. The molecule has 0 aliphatic carbocycles. The van der Waals surface area contributed by atoms with Crippen LogP contribution in [0.5, 0.6) is 0 Å². The van der Waals surface area contributed by atoms with E-state index in [0.717, 1.165) is 70.1 Å².